The Morgan fingerprint density at radius 2 is 1.62 bits per heavy atom. The maximum Gasteiger partial charge on any atom is 0.409 e. The number of nitrogens with one attached hydrogen (secondary N) is 5. The molecule has 2 aromatic carbocycles. The summed E-state index contributed by atoms with van der Waals surface area (Å²) in [5, 5.41) is 32.3. The molecule has 4 heterocycles. The maximum atomic E-state index is 15.0. The number of carboxylic acids is 1. The van der Waals surface area contributed by atoms with E-state index in [0.717, 1.165) is 28.2 Å². The maximum absolute atomic E-state index is 15.0. The van der Waals surface area contributed by atoms with Crippen LogP contribution in [-0.4, -0.2) is 156 Å². The topological polar surface area (TPSA) is 338 Å². The number of urea groups is 1. The van der Waals surface area contributed by atoms with Crippen LogP contribution >= 0.6 is 23.2 Å². The summed E-state index contributed by atoms with van der Waals surface area (Å²) in [6, 6.07) is 2.20. The second-order valence-corrected chi connectivity index (χ2v) is 23.1. The van der Waals surface area contributed by atoms with Gasteiger partial charge < -0.3 is 61.2 Å². The first-order valence-corrected chi connectivity index (χ1v) is 31.3. The van der Waals surface area contributed by atoms with Gasteiger partial charge in [0, 0.05) is 65.7 Å². The second kappa shape index (κ2) is 38.4. The quantitative estimate of drug-likeness (QED) is 0.0370. The predicted molar refractivity (Wildman–Crippen MR) is 341 cm³/mol. The number of likely N-dealkylation sites (N-methyl/N-ethyl adjacent to an activating group) is 1. The smallest absolute Gasteiger partial charge is 0.409 e. The van der Waals surface area contributed by atoms with E-state index in [1.165, 1.54) is 25.3 Å². The molecular formula is C63H94Cl2FN9O15. The summed E-state index contributed by atoms with van der Waals surface area (Å²) in [6.45, 7) is 18.8. The van der Waals surface area contributed by atoms with Crippen molar-refractivity contribution >= 4 is 94.0 Å². The van der Waals surface area contributed by atoms with Crippen molar-refractivity contribution < 1.29 is 76.8 Å². The minimum atomic E-state index is -1.37. The number of imide groups is 1. The largest absolute Gasteiger partial charge is 0.495 e. The number of primary amides is 1. The SMILES string of the molecule is CC.CC.CCC.COc1cc2cc(c1Cl)N(C)C(=O)CCC1OC1CC1C[C@](O)(C/C=C/C=C(\C)C2)NC(=O)O1.C[C@@H](C(=O)O)N(C)C(=O)c1cc(F)c(NC(=O)C(CCCNC(N)=O)NC(=O)CNC(=O)CCCCCN2C(=O)CC(C)(C)C2=O)cc1Cl. The Kier molecular flexibility index (Phi) is 33.6. The van der Waals surface area contributed by atoms with Gasteiger partial charge in [-0.2, -0.15) is 0 Å². The summed E-state index contributed by atoms with van der Waals surface area (Å²) in [7, 11) is 4.47. The van der Waals surface area contributed by atoms with E-state index in [9.17, 15) is 53.1 Å². The van der Waals surface area contributed by atoms with Crippen LogP contribution in [0.15, 0.2) is 48.1 Å². The zero-order valence-electron chi connectivity index (χ0n) is 54.2. The van der Waals surface area contributed by atoms with Crippen LogP contribution in [0.2, 0.25) is 10.0 Å². The zero-order chi connectivity index (χ0) is 68.2. The molecule has 2 aromatic rings. The number of unbranched alkanes of at least 4 members (excludes halogenated alkanes) is 2. The van der Waals surface area contributed by atoms with E-state index in [-0.39, 0.29) is 92.1 Å². The normalized spacial score (nSPS) is 20.7. The molecule has 6 rings (SSSR count). The summed E-state index contributed by atoms with van der Waals surface area (Å²) in [5.74, 6) is -5.27. The molecule has 6 atom stereocenters. The van der Waals surface area contributed by atoms with E-state index < -0.39 is 89.1 Å². The van der Waals surface area contributed by atoms with E-state index in [4.69, 9.17) is 48.3 Å². The molecule has 4 bridgehead atoms. The van der Waals surface area contributed by atoms with Crippen LogP contribution in [0.3, 0.4) is 0 Å². The van der Waals surface area contributed by atoms with Gasteiger partial charge in [0.05, 0.1) is 53.2 Å². The van der Waals surface area contributed by atoms with Gasteiger partial charge in [-0.25, -0.2) is 18.8 Å². The van der Waals surface area contributed by atoms with Crippen LogP contribution in [0.5, 0.6) is 5.75 Å². The number of methoxy groups -OCH3 is 1. The Hall–Kier alpha value is -7.35. The highest BCUT2D eigenvalue weighted by Crippen LogP contribution is 2.39. The number of aliphatic carboxylic acids is 1. The van der Waals surface area contributed by atoms with E-state index in [1.807, 2.05) is 65.0 Å². The third kappa shape index (κ3) is 25.1. The van der Waals surface area contributed by atoms with Crippen LogP contribution < -0.4 is 42.0 Å². The van der Waals surface area contributed by atoms with Gasteiger partial charge >= 0.3 is 18.1 Å². The molecular weight excluding hydrogens is 1210 g/mol. The number of anilines is 2. The van der Waals surface area contributed by atoms with Crippen molar-refractivity contribution in [1.82, 2.24) is 31.1 Å². The number of allylic oxidation sites excluding steroid dienone is 3. The number of epoxide rings is 1. The zero-order valence-corrected chi connectivity index (χ0v) is 55.7. The molecule has 9 N–H and O–H groups in total. The lowest BCUT2D eigenvalue weighted by molar-refractivity contribution is -0.142. The molecule has 4 aliphatic rings. The number of hydrogen-bond acceptors (Lipinski definition) is 14. The molecule has 3 saturated heterocycles. The first-order chi connectivity index (χ1) is 42.4. The van der Waals surface area contributed by atoms with Gasteiger partial charge in [-0.15, -0.1) is 0 Å². The first-order valence-electron chi connectivity index (χ1n) is 30.5. The Morgan fingerprint density at radius 1 is 0.956 bits per heavy atom. The first kappa shape index (κ1) is 78.7. The number of nitrogens with two attached hydrogens (primary N) is 1. The van der Waals surface area contributed by atoms with E-state index in [0.29, 0.717) is 61.4 Å². The number of fused-ring (bicyclic) bond motifs is 5. The summed E-state index contributed by atoms with van der Waals surface area (Å²) < 4.78 is 31.6. The fraction of sp³-hybridized carbons (Fsp3) is 0.587. The van der Waals surface area contributed by atoms with Crippen molar-refractivity contribution in [3.63, 3.8) is 0 Å². The van der Waals surface area contributed by atoms with Crippen LogP contribution in [0.25, 0.3) is 0 Å². The van der Waals surface area contributed by atoms with Gasteiger partial charge in [0.1, 0.15) is 40.5 Å². The monoisotopic (exact) mass is 1310 g/mol. The average Bonchev–Trinajstić information content (AvgIpc) is 1.46. The second-order valence-electron chi connectivity index (χ2n) is 22.3. The number of alkyl carbamates (subject to hydrolysis) is 1. The summed E-state index contributed by atoms with van der Waals surface area (Å²) >= 11 is 12.7. The molecule has 90 heavy (non-hydrogen) atoms. The number of rotatable bonds is 19. The summed E-state index contributed by atoms with van der Waals surface area (Å²) in [6.07, 6.45) is 10.0. The lowest BCUT2D eigenvalue weighted by Crippen LogP contribution is -2.56. The molecule has 0 saturated carbocycles. The minimum Gasteiger partial charge on any atom is -0.495 e. The van der Waals surface area contributed by atoms with Crippen molar-refractivity contribution in [3.05, 3.63) is 75.1 Å². The van der Waals surface area contributed by atoms with Gasteiger partial charge in [0.15, 0.2) is 0 Å². The average molecular weight is 1310 g/mol. The van der Waals surface area contributed by atoms with Gasteiger partial charge in [-0.3, -0.25) is 43.8 Å². The number of carbonyl (C=O) groups excluding carboxylic acids is 9. The third-order valence-electron chi connectivity index (χ3n) is 14.4. The lowest BCUT2D eigenvalue weighted by atomic mass is 9.92. The Bertz CT molecular complexity index is 2890. The molecule has 27 heteroatoms. The van der Waals surface area contributed by atoms with Gasteiger partial charge in [0.25, 0.3) is 5.91 Å². The number of likely N-dealkylation sites (tertiary alicyclic amines) is 1. The standard InChI is InChI=1S/C31H43ClFN7O9.C25H31ClN2O6.C3H8.2C2H6/c1-17(28(46)47)39(4)27(45)18-13-20(33)22(14-19(18)32)38-26(44)21(9-8-11-35-30(34)49)37-24(42)16-36-23(41)10-6-5-7-12-40-25(43)15-31(2,3)29(40)48;1-15-6-4-5-9-25(31)14-17(33-24(30)27-25)13-20-19(34-20)7-8-22(29)28(2)18-11-16(10-15)12-21(32-3)23(18)26;1-3-2;2*1-2/h13-14,17,21H,5-12,15-16H2,1-4H3,(H,36,41)(H,37,42)(H,38,44)(H,46,47)(H3,34,35,49);4-6,11-12,17,19-20,31H,7-10,13-14H2,1-3H3,(H,27,30);3H2,1-2H3;2*1-2H3/b;5-4+,15-6+;;;/t17-,21?;17?,19?,20?,25-;;;/m01.../s1. The van der Waals surface area contributed by atoms with E-state index in [1.54, 1.807) is 32.9 Å². The number of benzene rings is 2. The molecule has 0 radical (unpaired) electrons. The summed E-state index contributed by atoms with van der Waals surface area (Å²) in [4.78, 5) is 126. The van der Waals surface area contributed by atoms with Gasteiger partial charge in [0.2, 0.25) is 35.4 Å². The summed E-state index contributed by atoms with van der Waals surface area (Å²) in [5.41, 5.74) is 4.83. The third-order valence-corrected chi connectivity index (χ3v) is 15.1. The number of halogens is 3. The molecule has 4 aliphatic heterocycles. The predicted octanol–water partition coefficient (Wildman–Crippen LogP) is 8.71. The van der Waals surface area contributed by atoms with Crippen molar-refractivity contribution in [2.75, 3.05) is 51.1 Å². The number of aliphatic hydroxyl groups is 1. The van der Waals surface area contributed by atoms with Crippen LogP contribution in [0.1, 0.15) is 169 Å². The van der Waals surface area contributed by atoms with Crippen LogP contribution in [0.4, 0.5) is 25.4 Å². The van der Waals surface area contributed by atoms with Crippen molar-refractivity contribution in [2.45, 2.75) is 195 Å². The number of carboxylic acid groups (broad SMARTS) is 1. The molecule has 24 nitrogen and oxygen atoms in total. The molecule has 4 unspecified atom stereocenters. The van der Waals surface area contributed by atoms with Gasteiger partial charge in [-0.05, 0) is 82.2 Å². The molecule has 0 aromatic heterocycles. The van der Waals surface area contributed by atoms with Gasteiger partial charge in [-0.1, -0.05) is 115 Å². The minimum absolute atomic E-state index is 0.0329. The fourth-order valence-corrected chi connectivity index (χ4v) is 9.98. The van der Waals surface area contributed by atoms with Crippen molar-refractivity contribution in [1.29, 1.82) is 0 Å². The lowest BCUT2D eigenvalue weighted by Gasteiger charge is -2.36. The Balaban J connectivity index is 0.000000584. The molecule has 0 spiro atoms. The highest BCUT2D eigenvalue weighted by Gasteiger charge is 2.46. The van der Waals surface area contributed by atoms with Crippen molar-refractivity contribution in [3.8, 4) is 5.75 Å². The van der Waals surface area contributed by atoms with Crippen LogP contribution in [-0.2, 0) is 49.5 Å². The molecule has 3 fully saturated rings. The number of hydrogen-bond donors (Lipinski definition) is 8. The van der Waals surface area contributed by atoms with Crippen LogP contribution in [0, 0.1) is 11.2 Å². The molecule has 0 aliphatic carbocycles. The number of nitrogens with zero attached hydrogens (tertiary/aromatic N) is 3. The number of carbonyl (C=O) groups is 10. The van der Waals surface area contributed by atoms with Crippen molar-refractivity contribution in [2.24, 2.45) is 11.1 Å². The van der Waals surface area contributed by atoms with E-state index >= 15 is 4.39 Å². The number of amides is 10. The highest BCUT2D eigenvalue weighted by molar-refractivity contribution is 6.35. The fourth-order valence-electron chi connectivity index (χ4n) is 9.43. The number of ether oxygens (including phenoxy) is 3. The Morgan fingerprint density at radius 3 is 2.23 bits per heavy atom. The highest BCUT2D eigenvalue weighted by atomic mass is 35.5. The molecule has 502 valence electrons. The van der Waals surface area contributed by atoms with E-state index in [2.05, 4.69) is 40.4 Å². The Labute approximate surface area is 537 Å². The molecule has 10 amide bonds.